The Bertz CT molecular complexity index is 1170. The van der Waals surface area contributed by atoms with Crippen molar-refractivity contribution in [2.24, 2.45) is 0 Å². The second-order valence-electron chi connectivity index (χ2n) is 9.71. The fraction of sp³-hybridized carbons (Fsp3) is 0.357. The Morgan fingerprint density at radius 3 is 2.34 bits per heavy atom. The molecule has 0 fully saturated rings. The molecular weight excluding hydrogens is 396 g/mol. The van der Waals surface area contributed by atoms with Crippen molar-refractivity contribution in [1.29, 1.82) is 0 Å². The molecule has 0 atom stereocenters. The third-order valence-corrected chi connectivity index (χ3v) is 7.29. The zero-order valence-electron chi connectivity index (χ0n) is 19.2. The number of hydrogen-bond acceptors (Lipinski definition) is 2. The van der Waals surface area contributed by atoms with E-state index in [0.29, 0.717) is 5.56 Å². The molecule has 3 aliphatic rings. The molecule has 4 nitrogen and oxygen atoms in total. The maximum Gasteiger partial charge on any atom is 0.335 e. The summed E-state index contributed by atoms with van der Waals surface area (Å²) in [7, 11) is 2.05. The first kappa shape index (κ1) is 20.7. The molecule has 0 bridgehead atoms. The number of allylic oxidation sites excluding steroid dienone is 3. The quantitative estimate of drug-likeness (QED) is 0.528. The van der Waals surface area contributed by atoms with Gasteiger partial charge in [0.25, 0.3) is 0 Å². The van der Waals surface area contributed by atoms with Gasteiger partial charge < -0.3 is 10.0 Å². The highest BCUT2D eigenvalue weighted by molar-refractivity contribution is 6.03. The Morgan fingerprint density at radius 1 is 1.03 bits per heavy atom. The molecule has 164 valence electrons. The zero-order valence-corrected chi connectivity index (χ0v) is 19.2. The average Bonchev–Trinajstić information content (AvgIpc) is 2.96. The van der Waals surface area contributed by atoms with Crippen molar-refractivity contribution in [3.8, 4) is 0 Å². The molecule has 3 aliphatic heterocycles. The topological polar surface area (TPSA) is 43.5 Å². The van der Waals surface area contributed by atoms with Crippen LogP contribution in [0.4, 0.5) is 11.4 Å². The molecule has 2 aromatic rings. The van der Waals surface area contributed by atoms with Crippen LogP contribution in [0.1, 0.15) is 59.3 Å². The minimum absolute atomic E-state index is 0.251. The van der Waals surface area contributed by atoms with Crippen molar-refractivity contribution >= 4 is 29.1 Å². The number of aromatic carboxylic acids is 1. The standard InChI is InChI=1S/C28H30N2O2/c1-28(2)23-18-22(27(31)32)12-13-24(23)29(3)25(28)11-5-4-8-19-16-20-9-6-14-30-15-7-10-21(17-19)26(20)30/h4-5,8,11-13,16-18H,6-7,9-10,14-15H2,1-3H3/p+1. The normalized spacial score (nSPS) is 19.0. The number of rotatable bonds is 4. The van der Waals surface area contributed by atoms with Crippen LogP contribution in [0.2, 0.25) is 0 Å². The number of nitrogens with zero attached hydrogens (tertiary/aromatic N) is 2. The first-order valence-electron chi connectivity index (χ1n) is 11.6. The Balaban J connectivity index is 1.40. The van der Waals surface area contributed by atoms with Gasteiger partial charge in [-0.1, -0.05) is 18.2 Å². The van der Waals surface area contributed by atoms with Crippen LogP contribution in [0.3, 0.4) is 0 Å². The van der Waals surface area contributed by atoms with E-state index in [0.717, 1.165) is 17.0 Å². The number of hydrogen-bond donors (Lipinski definition) is 1. The van der Waals surface area contributed by atoms with Crippen LogP contribution < -0.4 is 4.90 Å². The summed E-state index contributed by atoms with van der Waals surface area (Å²) in [4.78, 5) is 14.0. The smallest absolute Gasteiger partial charge is 0.335 e. The molecular formula is C28H31N2O2+. The van der Waals surface area contributed by atoms with Gasteiger partial charge in [0, 0.05) is 36.5 Å². The minimum Gasteiger partial charge on any atom is -0.478 e. The van der Waals surface area contributed by atoms with E-state index in [1.807, 2.05) is 12.1 Å². The van der Waals surface area contributed by atoms with Gasteiger partial charge in [-0.25, -0.2) is 4.79 Å². The van der Waals surface area contributed by atoms with Gasteiger partial charge in [0.1, 0.15) is 7.05 Å². The van der Waals surface area contributed by atoms with Crippen molar-refractivity contribution in [2.75, 3.05) is 25.0 Å². The van der Waals surface area contributed by atoms with Crippen LogP contribution in [-0.4, -0.2) is 41.5 Å². The number of fused-ring (bicyclic) bond motifs is 1. The lowest BCUT2D eigenvalue weighted by molar-refractivity contribution is -0.401. The number of anilines is 1. The predicted molar refractivity (Wildman–Crippen MR) is 131 cm³/mol. The Morgan fingerprint density at radius 2 is 1.69 bits per heavy atom. The number of aryl methyl sites for hydroxylation is 2. The summed E-state index contributed by atoms with van der Waals surface area (Å²) in [6.45, 7) is 6.72. The number of carboxylic acids is 1. The van der Waals surface area contributed by atoms with Crippen molar-refractivity contribution < 1.29 is 14.5 Å². The molecule has 0 amide bonds. The molecule has 4 heteroatoms. The minimum atomic E-state index is -0.884. The molecule has 0 aliphatic carbocycles. The van der Waals surface area contributed by atoms with Gasteiger partial charge in [-0.2, -0.15) is 4.58 Å². The van der Waals surface area contributed by atoms with Crippen LogP contribution in [0, 0.1) is 0 Å². The van der Waals surface area contributed by atoms with Gasteiger partial charge in [0.15, 0.2) is 5.71 Å². The first-order valence-corrected chi connectivity index (χ1v) is 11.6. The van der Waals surface area contributed by atoms with E-state index in [9.17, 15) is 9.90 Å². The monoisotopic (exact) mass is 427 g/mol. The molecule has 0 unspecified atom stereocenters. The third kappa shape index (κ3) is 3.38. The highest BCUT2D eigenvalue weighted by Crippen LogP contribution is 2.40. The summed E-state index contributed by atoms with van der Waals surface area (Å²) >= 11 is 0. The molecule has 3 heterocycles. The lowest BCUT2D eigenvalue weighted by Gasteiger charge is -2.37. The average molecular weight is 428 g/mol. The number of carboxylic acid groups (broad SMARTS) is 1. The van der Waals surface area contributed by atoms with Crippen molar-refractivity contribution in [1.82, 2.24) is 0 Å². The summed E-state index contributed by atoms with van der Waals surface area (Å²) in [5.41, 5.74) is 9.19. The molecule has 2 aromatic carbocycles. The summed E-state index contributed by atoms with van der Waals surface area (Å²) in [6.07, 6.45) is 13.5. The lowest BCUT2D eigenvalue weighted by Crippen LogP contribution is -2.34. The second-order valence-corrected chi connectivity index (χ2v) is 9.71. The van der Waals surface area contributed by atoms with Gasteiger partial charge in [0.2, 0.25) is 5.69 Å². The molecule has 1 N–H and O–H groups in total. The molecule has 0 spiro atoms. The van der Waals surface area contributed by atoms with Gasteiger partial charge in [-0.15, -0.1) is 0 Å². The maximum atomic E-state index is 11.4. The van der Waals surface area contributed by atoms with Crippen LogP contribution in [-0.2, 0) is 18.3 Å². The number of carbonyl (C=O) groups is 1. The highest BCUT2D eigenvalue weighted by Gasteiger charge is 2.43. The molecule has 0 aromatic heterocycles. The van der Waals surface area contributed by atoms with E-state index in [1.165, 1.54) is 61.2 Å². The van der Waals surface area contributed by atoms with E-state index in [1.54, 1.807) is 6.07 Å². The van der Waals surface area contributed by atoms with E-state index in [2.05, 4.69) is 66.8 Å². The van der Waals surface area contributed by atoms with Crippen molar-refractivity contribution in [3.05, 3.63) is 76.4 Å². The lowest BCUT2D eigenvalue weighted by atomic mass is 9.81. The fourth-order valence-electron chi connectivity index (χ4n) is 5.71. The van der Waals surface area contributed by atoms with E-state index >= 15 is 0 Å². The van der Waals surface area contributed by atoms with Gasteiger partial charge in [0.05, 0.1) is 11.0 Å². The maximum absolute atomic E-state index is 11.4. The van der Waals surface area contributed by atoms with Crippen LogP contribution >= 0.6 is 0 Å². The van der Waals surface area contributed by atoms with E-state index in [-0.39, 0.29) is 5.41 Å². The van der Waals surface area contributed by atoms with Gasteiger partial charge in [-0.05, 0) is 80.5 Å². The molecule has 5 rings (SSSR count). The summed E-state index contributed by atoms with van der Waals surface area (Å²) < 4.78 is 2.17. The first-order chi connectivity index (χ1) is 15.4. The van der Waals surface area contributed by atoms with Crippen molar-refractivity contribution in [3.63, 3.8) is 0 Å². The van der Waals surface area contributed by atoms with E-state index in [4.69, 9.17) is 0 Å². The second kappa shape index (κ2) is 7.77. The Labute approximate surface area is 190 Å². The van der Waals surface area contributed by atoms with Gasteiger partial charge >= 0.3 is 5.97 Å². The summed E-state index contributed by atoms with van der Waals surface area (Å²) in [5, 5.41) is 9.38. The Kier molecular flexibility index (Phi) is 5.04. The van der Waals surface area contributed by atoms with Gasteiger partial charge in [-0.3, -0.25) is 0 Å². The van der Waals surface area contributed by atoms with E-state index < -0.39 is 5.97 Å². The van der Waals surface area contributed by atoms with Crippen LogP contribution in [0.15, 0.2) is 48.6 Å². The Hall–Kier alpha value is -3.14. The zero-order chi connectivity index (χ0) is 22.5. The largest absolute Gasteiger partial charge is 0.478 e. The predicted octanol–water partition coefficient (Wildman–Crippen LogP) is 5.36. The summed E-state index contributed by atoms with van der Waals surface area (Å²) in [5.74, 6) is -0.884. The van der Waals surface area contributed by atoms with Crippen LogP contribution in [0.25, 0.3) is 6.08 Å². The SMILES string of the molecule is C[N+]1=C(C=CC=Cc2cc3c4c(c2)CCCN4CCC3)C(C)(C)c2cc(C(=O)O)ccc21. The molecule has 0 saturated carbocycles. The fourth-order valence-corrected chi connectivity index (χ4v) is 5.71. The molecule has 32 heavy (non-hydrogen) atoms. The molecule has 0 radical (unpaired) electrons. The summed E-state index contributed by atoms with van der Waals surface area (Å²) in [6, 6.07) is 10.1. The molecule has 0 saturated heterocycles. The number of benzene rings is 2. The highest BCUT2D eigenvalue weighted by atomic mass is 16.4. The third-order valence-electron chi connectivity index (χ3n) is 7.29. The van der Waals surface area contributed by atoms with Crippen molar-refractivity contribution in [2.45, 2.75) is 44.9 Å². The van der Waals surface area contributed by atoms with Crippen LogP contribution in [0.5, 0.6) is 0 Å².